The van der Waals surface area contributed by atoms with Crippen LogP contribution in [0.4, 0.5) is 10.1 Å². The highest BCUT2D eigenvalue weighted by Gasteiger charge is 2.27. The van der Waals surface area contributed by atoms with Crippen LogP contribution in [0.15, 0.2) is 48.5 Å². The molecule has 1 heterocycles. The number of carbonyl (C=O) groups excluding carboxylic acids is 1. The number of nitrogens with one attached hydrogen (secondary N) is 1. The molecule has 0 aliphatic carbocycles. The molecule has 0 aliphatic rings. The Kier molecular flexibility index (Phi) is 6.40. The number of hydrogen-bond acceptors (Lipinski definition) is 3. The molecule has 1 unspecified atom stereocenters. The van der Waals surface area contributed by atoms with E-state index >= 15 is 0 Å². The van der Waals surface area contributed by atoms with Gasteiger partial charge in [-0.05, 0) is 54.4 Å². The van der Waals surface area contributed by atoms with E-state index in [0.29, 0.717) is 44.7 Å². The van der Waals surface area contributed by atoms with Crippen LogP contribution < -0.4 is 11.1 Å². The summed E-state index contributed by atoms with van der Waals surface area (Å²) in [5, 5.41) is 3.65. The monoisotopic (exact) mass is 431 g/mol. The summed E-state index contributed by atoms with van der Waals surface area (Å²) >= 11 is 12.7. The van der Waals surface area contributed by atoms with Crippen LogP contribution in [-0.4, -0.2) is 17.9 Å². The summed E-state index contributed by atoms with van der Waals surface area (Å²) in [4.78, 5) is 17.1. The summed E-state index contributed by atoms with van der Waals surface area (Å²) in [5.74, 6) is -1.89. The minimum Gasteiger partial charge on any atom is -0.387 e. The molecular weight excluding hydrogens is 412 g/mol. The number of benzene rings is 2. The van der Waals surface area contributed by atoms with Gasteiger partial charge in [-0.1, -0.05) is 36.2 Å². The largest absolute Gasteiger partial charge is 0.387 e. The van der Waals surface area contributed by atoms with Gasteiger partial charge < -0.3 is 11.1 Å². The normalized spacial score (nSPS) is 11.9. The Bertz CT molecular complexity index is 1050. The first-order chi connectivity index (χ1) is 13.8. The number of aromatic nitrogens is 1. The molecule has 1 atom stereocenters. The standard InChI is InChI=1S/C22H20Cl2FN3O/c1-3-12-9-18(14-8-7-13(25)11-17(14)27-2)28-19(10-12)21(22(26)29)20-15(23)5-4-6-16(20)24/h4-11,21,27H,3H2,1-2H3,(H2,26,29). The molecule has 0 aliphatic heterocycles. The second-order valence-electron chi connectivity index (χ2n) is 6.55. The summed E-state index contributed by atoms with van der Waals surface area (Å²) in [6.45, 7) is 1.99. The number of primary amides is 1. The maximum Gasteiger partial charge on any atom is 0.231 e. The maximum atomic E-state index is 13.7. The number of nitrogens with two attached hydrogens (primary N) is 1. The fourth-order valence-electron chi connectivity index (χ4n) is 3.27. The fraction of sp³-hybridized carbons (Fsp3) is 0.182. The molecule has 0 fully saturated rings. The third-order valence-corrected chi connectivity index (χ3v) is 5.37. The van der Waals surface area contributed by atoms with Crippen molar-refractivity contribution >= 4 is 34.8 Å². The van der Waals surface area contributed by atoms with Gasteiger partial charge >= 0.3 is 0 Å². The van der Waals surface area contributed by atoms with E-state index in [1.807, 2.05) is 19.1 Å². The molecule has 4 nitrogen and oxygen atoms in total. The number of hydrogen-bond donors (Lipinski definition) is 2. The van der Waals surface area contributed by atoms with Crippen LogP contribution in [0.2, 0.25) is 10.0 Å². The molecule has 1 aromatic heterocycles. The molecule has 0 radical (unpaired) electrons. The Balaban J connectivity index is 2.24. The number of rotatable bonds is 6. The number of carbonyl (C=O) groups is 1. The van der Waals surface area contributed by atoms with Gasteiger partial charge in [-0.15, -0.1) is 0 Å². The van der Waals surface area contributed by atoms with E-state index in [1.54, 1.807) is 31.3 Å². The average molecular weight is 432 g/mol. The minimum atomic E-state index is -0.917. The van der Waals surface area contributed by atoms with Gasteiger partial charge in [0.15, 0.2) is 0 Å². The predicted molar refractivity (Wildman–Crippen MR) is 116 cm³/mol. The topological polar surface area (TPSA) is 68.0 Å². The van der Waals surface area contributed by atoms with Crippen LogP contribution in [-0.2, 0) is 11.2 Å². The van der Waals surface area contributed by atoms with Gasteiger partial charge in [-0.25, -0.2) is 4.39 Å². The summed E-state index contributed by atoms with van der Waals surface area (Å²) in [7, 11) is 1.71. The molecule has 0 saturated carbocycles. The molecule has 2 aromatic carbocycles. The molecule has 29 heavy (non-hydrogen) atoms. The SMILES string of the molecule is CCc1cc(-c2ccc(F)cc2NC)nc(C(C(N)=O)c2c(Cl)cccc2Cl)c1. The van der Waals surface area contributed by atoms with Gasteiger partial charge in [0.25, 0.3) is 0 Å². The summed E-state index contributed by atoms with van der Waals surface area (Å²) in [6.07, 6.45) is 0.709. The smallest absolute Gasteiger partial charge is 0.231 e. The van der Waals surface area contributed by atoms with Gasteiger partial charge in [-0.3, -0.25) is 9.78 Å². The first kappa shape index (κ1) is 21.1. The van der Waals surface area contributed by atoms with Crippen molar-refractivity contribution in [3.63, 3.8) is 0 Å². The van der Waals surface area contributed by atoms with Gasteiger partial charge in [-0.2, -0.15) is 0 Å². The van der Waals surface area contributed by atoms with E-state index in [2.05, 4.69) is 10.3 Å². The van der Waals surface area contributed by atoms with Crippen molar-refractivity contribution in [3.05, 3.63) is 81.2 Å². The molecule has 1 amide bonds. The number of nitrogens with zero attached hydrogens (tertiary/aromatic N) is 1. The van der Waals surface area contributed by atoms with Gasteiger partial charge in [0, 0.05) is 33.9 Å². The number of amides is 1. The van der Waals surface area contributed by atoms with Crippen molar-refractivity contribution in [2.75, 3.05) is 12.4 Å². The molecule has 150 valence electrons. The lowest BCUT2D eigenvalue weighted by atomic mass is 9.92. The highest BCUT2D eigenvalue weighted by Crippen LogP contribution is 2.37. The van der Waals surface area contributed by atoms with E-state index in [9.17, 15) is 9.18 Å². The van der Waals surface area contributed by atoms with Crippen LogP contribution in [0.25, 0.3) is 11.3 Å². The second kappa shape index (κ2) is 8.80. The lowest BCUT2D eigenvalue weighted by molar-refractivity contribution is -0.118. The number of anilines is 1. The van der Waals surface area contributed by atoms with Crippen molar-refractivity contribution in [2.24, 2.45) is 5.73 Å². The highest BCUT2D eigenvalue weighted by atomic mass is 35.5. The molecular formula is C22H20Cl2FN3O. The number of halogens is 3. The average Bonchev–Trinajstić information content (AvgIpc) is 2.69. The van der Waals surface area contributed by atoms with Crippen molar-refractivity contribution in [3.8, 4) is 11.3 Å². The van der Waals surface area contributed by atoms with Crippen LogP contribution in [0.1, 0.15) is 29.7 Å². The van der Waals surface area contributed by atoms with Crippen LogP contribution >= 0.6 is 23.2 Å². The van der Waals surface area contributed by atoms with Gasteiger partial charge in [0.1, 0.15) is 11.7 Å². The third kappa shape index (κ3) is 4.36. The molecule has 3 N–H and O–H groups in total. The molecule has 3 aromatic rings. The Morgan fingerprint density at radius 3 is 2.45 bits per heavy atom. The quantitative estimate of drug-likeness (QED) is 0.547. The summed E-state index contributed by atoms with van der Waals surface area (Å²) in [5.41, 5.74) is 9.43. The van der Waals surface area contributed by atoms with E-state index in [1.165, 1.54) is 12.1 Å². The molecule has 0 saturated heterocycles. The Morgan fingerprint density at radius 2 is 1.86 bits per heavy atom. The zero-order valence-corrected chi connectivity index (χ0v) is 17.5. The lowest BCUT2D eigenvalue weighted by Gasteiger charge is -2.19. The van der Waals surface area contributed by atoms with Crippen LogP contribution in [0, 0.1) is 5.82 Å². The molecule has 3 rings (SSSR count). The Hall–Kier alpha value is -2.63. The number of aryl methyl sites for hydroxylation is 1. The molecule has 0 bridgehead atoms. The minimum absolute atomic E-state index is 0.337. The van der Waals surface area contributed by atoms with E-state index < -0.39 is 11.8 Å². The predicted octanol–water partition coefficient (Wildman–Crippen LogP) is 5.42. The first-order valence-electron chi connectivity index (χ1n) is 9.07. The third-order valence-electron chi connectivity index (χ3n) is 4.71. The van der Waals surface area contributed by atoms with Crippen molar-refractivity contribution in [2.45, 2.75) is 19.3 Å². The maximum absolute atomic E-state index is 13.7. The number of pyridine rings is 1. The summed E-state index contributed by atoms with van der Waals surface area (Å²) in [6, 6.07) is 13.1. The van der Waals surface area contributed by atoms with Crippen LogP contribution in [0.3, 0.4) is 0 Å². The first-order valence-corrected chi connectivity index (χ1v) is 9.83. The van der Waals surface area contributed by atoms with Crippen LogP contribution in [0.5, 0.6) is 0 Å². The second-order valence-corrected chi connectivity index (χ2v) is 7.36. The fourth-order valence-corrected chi connectivity index (χ4v) is 3.89. The van der Waals surface area contributed by atoms with E-state index in [4.69, 9.17) is 28.9 Å². The Morgan fingerprint density at radius 1 is 1.17 bits per heavy atom. The molecule has 7 heteroatoms. The van der Waals surface area contributed by atoms with Crippen molar-refractivity contribution in [1.29, 1.82) is 0 Å². The van der Waals surface area contributed by atoms with Crippen molar-refractivity contribution in [1.82, 2.24) is 4.98 Å². The van der Waals surface area contributed by atoms with Gasteiger partial charge in [0.2, 0.25) is 5.91 Å². The van der Waals surface area contributed by atoms with E-state index in [-0.39, 0.29) is 5.82 Å². The Labute approximate surface area is 178 Å². The van der Waals surface area contributed by atoms with Gasteiger partial charge in [0.05, 0.1) is 11.4 Å². The van der Waals surface area contributed by atoms with E-state index in [0.717, 1.165) is 5.56 Å². The zero-order valence-electron chi connectivity index (χ0n) is 16.0. The van der Waals surface area contributed by atoms with Crippen molar-refractivity contribution < 1.29 is 9.18 Å². The highest BCUT2D eigenvalue weighted by molar-refractivity contribution is 6.36. The molecule has 0 spiro atoms. The zero-order chi connectivity index (χ0) is 21.1. The lowest BCUT2D eigenvalue weighted by Crippen LogP contribution is -2.24. The summed E-state index contributed by atoms with van der Waals surface area (Å²) < 4.78 is 13.7.